The molecule has 0 aliphatic heterocycles. The van der Waals surface area contributed by atoms with Crippen LogP contribution >= 0.6 is 12.2 Å². The number of aliphatic hydroxyl groups excluding tert-OH is 1. The second-order valence-corrected chi connectivity index (χ2v) is 6.42. The fraction of sp³-hybridized carbons (Fsp3) is 0.200. The quantitative estimate of drug-likeness (QED) is 0.503. The molecule has 0 saturated heterocycles. The monoisotopic (exact) mass is 397 g/mol. The number of thiocarbonyl (C=S) groups is 1. The van der Waals surface area contributed by atoms with Gasteiger partial charge in [0, 0.05) is 17.1 Å². The first-order valence-corrected chi connectivity index (χ1v) is 9.00. The van der Waals surface area contributed by atoms with Crippen LogP contribution in [-0.4, -0.2) is 27.7 Å². The maximum Gasteiger partial charge on any atom is 0.338 e. The average Bonchev–Trinajstić information content (AvgIpc) is 2.69. The van der Waals surface area contributed by atoms with E-state index in [2.05, 4.69) is 9.98 Å². The number of nitrogens with two attached hydrogens (primary N) is 1. The molecule has 0 saturated carbocycles. The Morgan fingerprint density at radius 1 is 1.36 bits per heavy atom. The highest BCUT2D eigenvalue weighted by atomic mass is 32.1. The summed E-state index contributed by atoms with van der Waals surface area (Å²) in [6.07, 6.45) is 1.58. The number of benzene rings is 1. The van der Waals surface area contributed by atoms with Crippen LogP contribution in [0.3, 0.4) is 0 Å². The van der Waals surface area contributed by atoms with Crippen molar-refractivity contribution in [1.29, 1.82) is 0 Å². The normalized spacial score (nSPS) is 11.6. The van der Waals surface area contributed by atoms with Gasteiger partial charge in [0.1, 0.15) is 4.99 Å². The Morgan fingerprint density at radius 3 is 2.68 bits per heavy atom. The lowest BCUT2D eigenvalue weighted by Crippen LogP contribution is -2.21. The molecule has 144 valence electrons. The van der Waals surface area contributed by atoms with E-state index in [1.165, 1.54) is 0 Å². The van der Waals surface area contributed by atoms with Crippen molar-refractivity contribution < 1.29 is 19.1 Å². The van der Waals surface area contributed by atoms with Gasteiger partial charge in [0.2, 0.25) is 5.55 Å². The molecule has 0 fully saturated rings. The van der Waals surface area contributed by atoms with Gasteiger partial charge in [-0.25, -0.2) is 9.79 Å². The smallest absolute Gasteiger partial charge is 0.338 e. The van der Waals surface area contributed by atoms with E-state index in [0.717, 1.165) is 0 Å². The third-order valence-corrected chi connectivity index (χ3v) is 4.32. The van der Waals surface area contributed by atoms with Crippen molar-refractivity contribution in [3.05, 3.63) is 64.5 Å². The number of ether oxygens (including phenoxy) is 1. The first kappa shape index (κ1) is 19.7. The number of aliphatic hydroxyl groups is 1. The van der Waals surface area contributed by atoms with Crippen LogP contribution in [0, 0.1) is 6.92 Å². The average molecular weight is 397 g/mol. The summed E-state index contributed by atoms with van der Waals surface area (Å²) in [5.41, 5.74) is 9.25. The molecule has 7 nitrogen and oxygen atoms in total. The molecule has 28 heavy (non-hydrogen) atoms. The SMILES string of the molecule is CCOC(=O)c1ccc(N=c2oc3c(C)ncc(CO)c3cc2C(N)=S)cc1. The Balaban J connectivity index is 2.16. The van der Waals surface area contributed by atoms with Gasteiger partial charge in [-0.15, -0.1) is 0 Å². The molecular weight excluding hydrogens is 378 g/mol. The zero-order chi connectivity index (χ0) is 20.3. The number of esters is 1. The Morgan fingerprint density at radius 2 is 2.07 bits per heavy atom. The van der Waals surface area contributed by atoms with E-state index < -0.39 is 5.97 Å². The van der Waals surface area contributed by atoms with Gasteiger partial charge in [0.05, 0.1) is 35.7 Å². The lowest BCUT2D eigenvalue weighted by molar-refractivity contribution is 0.0526. The Hall–Kier alpha value is -3.10. The lowest BCUT2D eigenvalue weighted by atomic mass is 10.1. The summed E-state index contributed by atoms with van der Waals surface area (Å²) in [5.74, 6) is -0.397. The summed E-state index contributed by atoms with van der Waals surface area (Å²) < 4.78 is 10.9. The van der Waals surface area contributed by atoms with Crippen LogP contribution in [0.15, 0.2) is 45.9 Å². The van der Waals surface area contributed by atoms with Crippen molar-refractivity contribution in [3.63, 3.8) is 0 Å². The van der Waals surface area contributed by atoms with Crippen molar-refractivity contribution >= 4 is 39.8 Å². The van der Waals surface area contributed by atoms with Gasteiger partial charge in [-0.2, -0.15) is 0 Å². The number of pyridine rings is 1. The number of nitrogens with zero attached hydrogens (tertiary/aromatic N) is 2. The lowest BCUT2D eigenvalue weighted by Gasteiger charge is -2.08. The van der Waals surface area contributed by atoms with E-state index in [9.17, 15) is 9.90 Å². The number of carbonyl (C=O) groups is 1. The molecule has 0 amide bonds. The summed E-state index contributed by atoms with van der Waals surface area (Å²) in [6.45, 7) is 3.66. The molecular formula is C20H19N3O4S. The molecule has 0 radical (unpaired) electrons. The molecule has 2 aromatic heterocycles. The maximum absolute atomic E-state index is 11.8. The van der Waals surface area contributed by atoms with Crippen LogP contribution in [0.25, 0.3) is 11.0 Å². The largest absolute Gasteiger partial charge is 0.462 e. The van der Waals surface area contributed by atoms with Gasteiger partial charge in [-0.05, 0) is 44.2 Å². The molecule has 2 heterocycles. The molecule has 1 aromatic carbocycles. The van der Waals surface area contributed by atoms with E-state index in [1.807, 2.05) is 0 Å². The number of hydrogen-bond donors (Lipinski definition) is 2. The third-order valence-electron chi connectivity index (χ3n) is 4.10. The predicted molar refractivity (Wildman–Crippen MR) is 108 cm³/mol. The summed E-state index contributed by atoms with van der Waals surface area (Å²) >= 11 is 5.14. The number of fused-ring (bicyclic) bond motifs is 1. The molecule has 0 aliphatic carbocycles. The number of hydrogen-bond acceptors (Lipinski definition) is 7. The predicted octanol–water partition coefficient (Wildman–Crippen LogP) is 2.67. The van der Waals surface area contributed by atoms with Gasteiger partial charge in [-0.3, -0.25) is 4.98 Å². The highest BCUT2D eigenvalue weighted by Crippen LogP contribution is 2.21. The van der Waals surface area contributed by atoms with Crippen LogP contribution in [-0.2, 0) is 11.3 Å². The van der Waals surface area contributed by atoms with Gasteiger partial charge in [-0.1, -0.05) is 12.2 Å². The van der Waals surface area contributed by atoms with Crippen molar-refractivity contribution in [1.82, 2.24) is 4.98 Å². The Bertz CT molecular complexity index is 1120. The zero-order valence-electron chi connectivity index (χ0n) is 15.4. The van der Waals surface area contributed by atoms with Gasteiger partial charge in [0.15, 0.2) is 5.58 Å². The highest BCUT2D eigenvalue weighted by molar-refractivity contribution is 7.80. The van der Waals surface area contributed by atoms with E-state index in [4.69, 9.17) is 27.1 Å². The number of aromatic nitrogens is 1. The molecule has 8 heteroatoms. The van der Waals surface area contributed by atoms with E-state index in [1.54, 1.807) is 50.4 Å². The number of rotatable bonds is 5. The van der Waals surface area contributed by atoms with Crippen LogP contribution in [0.1, 0.15) is 34.1 Å². The van der Waals surface area contributed by atoms with Gasteiger partial charge in [0.25, 0.3) is 0 Å². The van der Waals surface area contributed by atoms with Crippen LogP contribution < -0.4 is 11.3 Å². The number of carbonyl (C=O) groups excluding carboxylic acids is 1. The first-order chi connectivity index (χ1) is 13.4. The van der Waals surface area contributed by atoms with Crippen molar-refractivity contribution in [2.75, 3.05) is 6.61 Å². The fourth-order valence-corrected chi connectivity index (χ4v) is 2.82. The highest BCUT2D eigenvalue weighted by Gasteiger charge is 2.13. The second kappa shape index (κ2) is 8.28. The first-order valence-electron chi connectivity index (χ1n) is 8.59. The maximum atomic E-state index is 11.8. The molecule has 0 bridgehead atoms. The standard InChI is InChI=1S/C20H19N3O4S/c1-3-26-20(25)12-4-6-14(7-5-12)23-19-16(18(21)28)8-15-13(10-24)9-22-11(2)17(15)27-19/h4-9,24H,3,10H2,1-2H3,(H2,21,28). The van der Waals surface area contributed by atoms with E-state index in [0.29, 0.717) is 45.6 Å². The zero-order valence-corrected chi connectivity index (χ0v) is 16.2. The van der Waals surface area contributed by atoms with Crippen LogP contribution in [0.4, 0.5) is 5.69 Å². The fourth-order valence-electron chi connectivity index (χ4n) is 2.68. The van der Waals surface area contributed by atoms with Gasteiger partial charge < -0.3 is 20.0 Å². The molecule has 0 aliphatic rings. The molecule has 3 rings (SSSR count). The summed E-state index contributed by atoms with van der Waals surface area (Å²) in [6, 6.07) is 8.33. The molecule has 3 aromatic rings. The summed E-state index contributed by atoms with van der Waals surface area (Å²) in [4.78, 5) is 20.6. The summed E-state index contributed by atoms with van der Waals surface area (Å²) in [5, 5.41) is 10.2. The number of aryl methyl sites for hydroxylation is 1. The van der Waals surface area contributed by atoms with Gasteiger partial charge >= 0.3 is 5.97 Å². The molecule has 0 spiro atoms. The minimum absolute atomic E-state index is 0.117. The van der Waals surface area contributed by atoms with E-state index in [-0.39, 0.29) is 17.1 Å². The second-order valence-electron chi connectivity index (χ2n) is 5.98. The van der Waals surface area contributed by atoms with E-state index >= 15 is 0 Å². The summed E-state index contributed by atoms with van der Waals surface area (Å²) in [7, 11) is 0. The van der Waals surface area contributed by atoms with Crippen molar-refractivity contribution in [2.45, 2.75) is 20.5 Å². The minimum Gasteiger partial charge on any atom is -0.462 e. The molecule has 0 atom stereocenters. The topological polar surface area (TPSA) is 111 Å². The van der Waals surface area contributed by atoms with Crippen molar-refractivity contribution in [2.24, 2.45) is 10.7 Å². The Labute approximate surface area is 166 Å². The van der Waals surface area contributed by atoms with Crippen molar-refractivity contribution in [3.8, 4) is 0 Å². The molecule has 0 unspecified atom stereocenters. The van der Waals surface area contributed by atoms with Crippen LogP contribution in [0.5, 0.6) is 0 Å². The Kier molecular flexibility index (Phi) is 5.81. The van der Waals surface area contributed by atoms with Crippen LogP contribution in [0.2, 0.25) is 0 Å². The molecule has 3 N–H and O–H groups in total. The minimum atomic E-state index is -0.397. The third kappa shape index (κ3) is 3.92.